The average Bonchev–Trinajstić information content (AvgIpc) is 2.84. The molecule has 0 aliphatic heterocycles. The molecule has 0 amide bonds. The summed E-state index contributed by atoms with van der Waals surface area (Å²) in [6.45, 7) is -2.30. The molecule has 4 heteroatoms. The molecule has 1 atom stereocenters. The first-order chi connectivity index (χ1) is 18.0. The zero-order chi connectivity index (χ0) is 31.2. The van der Waals surface area contributed by atoms with E-state index in [1.54, 1.807) is 0 Å². The molecule has 25 heavy (non-hydrogen) atoms. The molecular weight excluding hydrogens is 316 g/mol. The SMILES string of the molecule is [2H]c1c([2H])c(C)c([2H])c(OC([2H])([2H])C([2H])(O)C([2H])([2H])CCCc2c([2H])c([2H])c(OC([2H])([2H])[2H])c(OC)c2[2H])c1[2H]. The molecule has 0 fully saturated rings. The van der Waals surface area contributed by atoms with E-state index in [0.717, 1.165) is 7.11 Å². The summed E-state index contributed by atoms with van der Waals surface area (Å²) in [5.41, 5.74) is -0.268. The van der Waals surface area contributed by atoms with Crippen LogP contribution in [0.3, 0.4) is 0 Å². The van der Waals surface area contributed by atoms with Crippen LogP contribution in [0.1, 0.15) is 50.9 Å². The van der Waals surface area contributed by atoms with Gasteiger partial charge in [-0.1, -0.05) is 24.5 Å². The first-order valence-corrected chi connectivity index (χ1v) is 7.36. The fourth-order valence-electron chi connectivity index (χ4n) is 1.83. The van der Waals surface area contributed by atoms with Gasteiger partial charge in [0.15, 0.2) is 11.5 Å². The third-order valence-electron chi connectivity index (χ3n) is 2.98. The van der Waals surface area contributed by atoms with E-state index < -0.39 is 92.0 Å². The summed E-state index contributed by atoms with van der Waals surface area (Å²) in [6.07, 6.45) is -8.00. The van der Waals surface area contributed by atoms with Crippen LogP contribution >= 0.6 is 0 Å². The molecule has 0 spiro atoms. The minimum atomic E-state index is -3.64. The van der Waals surface area contributed by atoms with Gasteiger partial charge in [0.05, 0.1) is 38.0 Å². The van der Waals surface area contributed by atoms with Gasteiger partial charge < -0.3 is 19.3 Å². The molecule has 136 valence electrons. The van der Waals surface area contributed by atoms with Crippen molar-refractivity contribution < 1.29 is 39.9 Å². The van der Waals surface area contributed by atoms with E-state index in [1.807, 2.05) is 0 Å². The molecule has 2 aromatic carbocycles. The second-order valence-electron chi connectivity index (χ2n) is 4.86. The third kappa shape index (κ3) is 6.31. The van der Waals surface area contributed by atoms with E-state index >= 15 is 0 Å². The monoisotopic (exact) mass is 359 g/mol. The summed E-state index contributed by atoms with van der Waals surface area (Å²) in [7, 11) is -1.90. The van der Waals surface area contributed by atoms with E-state index in [1.165, 1.54) is 6.92 Å². The summed E-state index contributed by atoms with van der Waals surface area (Å²) in [6, 6.07) is -4.41. The van der Waals surface area contributed by atoms with Crippen LogP contribution in [0.4, 0.5) is 0 Å². The molecule has 0 aliphatic rings. The fourth-order valence-corrected chi connectivity index (χ4v) is 1.83. The van der Waals surface area contributed by atoms with Gasteiger partial charge in [0.1, 0.15) is 12.3 Å². The molecule has 4 nitrogen and oxygen atoms in total. The summed E-state index contributed by atoms with van der Waals surface area (Å²) < 4.78 is 133. The van der Waals surface area contributed by atoms with Crippen molar-refractivity contribution in [2.24, 2.45) is 0 Å². The predicted molar refractivity (Wildman–Crippen MR) is 99.8 cm³/mol. The van der Waals surface area contributed by atoms with E-state index in [2.05, 4.69) is 0 Å². The van der Waals surface area contributed by atoms with Crippen LogP contribution in [0, 0.1) is 6.92 Å². The van der Waals surface area contributed by atoms with Gasteiger partial charge in [0.25, 0.3) is 0 Å². The Morgan fingerprint density at radius 1 is 1.20 bits per heavy atom. The number of methoxy groups -OCH3 is 2. The molecule has 0 radical (unpaired) electrons. The van der Waals surface area contributed by atoms with Crippen molar-refractivity contribution in [1.29, 1.82) is 0 Å². The van der Waals surface area contributed by atoms with Crippen molar-refractivity contribution in [3.05, 3.63) is 53.4 Å². The highest BCUT2D eigenvalue weighted by Crippen LogP contribution is 2.28. The van der Waals surface area contributed by atoms with E-state index in [0.29, 0.717) is 0 Å². The number of aliphatic hydroxyl groups is 1. The average molecular weight is 360 g/mol. The van der Waals surface area contributed by atoms with Crippen molar-refractivity contribution in [1.82, 2.24) is 0 Å². The highest BCUT2D eigenvalue weighted by molar-refractivity contribution is 5.42. The standard InChI is InChI=1S/C21H28O4/c1-16-7-6-10-19(13-16)25-15-18(22)9-5-4-8-17-11-12-20(23-2)21(14-17)24-3/h6-7,10-14,18,22H,4-5,8-9,15H2,1-3H3/i2D3,6D,7D,9D2,10D,11D,12D,13D,14D,15D2,18D. The maximum atomic E-state index is 10.7. The molecule has 1 unspecified atom stereocenters. The lowest BCUT2D eigenvalue weighted by atomic mass is 10.0. The Bertz CT molecular complexity index is 1250. The van der Waals surface area contributed by atoms with Crippen LogP contribution in [0.2, 0.25) is 0 Å². The number of benzene rings is 2. The molecule has 0 aliphatic carbocycles. The third-order valence-corrected chi connectivity index (χ3v) is 2.98. The highest BCUT2D eigenvalue weighted by Gasteiger charge is 2.07. The Balaban J connectivity index is 2.34. The molecule has 1 N–H and O–H groups in total. The predicted octanol–water partition coefficient (Wildman–Crippen LogP) is 4.16. The lowest BCUT2D eigenvalue weighted by Gasteiger charge is -2.13. The first-order valence-electron chi connectivity index (χ1n) is 14.9. The van der Waals surface area contributed by atoms with Crippen molar-refractivity contribution >= 4 is 0 Å². The van der Waals surface area contributed by atoms with Crippen LogP contribution in [0.25, 0.3) is 0 Å². The van der Waals surface area contributed by atoms with Gasteiger partial charge in [-0.2, -0.15) is 0 Å². The van der Waals surface area contributed by atoms with Gasteiger partial charge in [-0.25, -0.2) is 0 Å². The Labute approximate surface area is 171 Å². The molecule has 2 aromatic rings. The quantitative estimate of drug-likeness (QED) is 0.692. The first kappa shape index (κ1) is 7.20. The zero-order valence-corrected chi connectivity index (χ0v) is 13.8. The van der Waals surface area contributed by atoms with E-state index in [-0.39, 0.29) is 24.0 Å². The maximum Gasteiger partial charge on any atom is 0.160 e. The van der Waals surface area contributed by atoms with Crippen LogP contribution in [0.15, 0.2) is 42.3 Å². The van der Waals surface area contributed by atoms with Crippen LogP contribution in [-0.2, 0) is 6.42 Å². The minimum Gasteiger partial charge on any atom is -0.493 e. The second-order valence-corrected chi connectivity index (χ2v) is 4.86. The van der Waals surface area contributed by atoms with Gasteiger partial charge in [-0.05, 0) is 61.4 Å². The maximum absolute atomic E-state index is 10.7. The second kappa shape index (κ2) is 9.94. The number of ether oxygens (including phenoxy) is 3. The molecule has 2 rings (SSSR count). The topological polar surface area (TPSA) is 47.9 Å². The minimum absolute atomic E-state index is 0.125. The summed E-state index contributed by atoms with van der Waals surface area (Å²) in [5, 5.41) is 10.7. The van der Waals surface area contributed by atoms with E-state index in [9.17, 15) is 5.11 Å². The lowest BCUT2D eigenvalue weighted by molar-refractivity contribution is 0.0976. The Hall–Kier alpha value is -2.20. The van der Waals surface area contributed by atoms with Gasteiger partial charge in [-0.15, -0.1) is 0 Å². The largest absolute Gasteiger partial charge is 0.493 e. The van der Waals surface area contributed by atoms with Gasteiger partial charge in [0.2, 0.25) is 0 Å². The highest BCUT2D eigenvalue weighted by atomic mass is 16.5. The molecule has 0 aromatic heterocycles. The van der Waals surface area contributed by atoms with E-state index in [4.69, 9.17) is 34.8 Å². The molecule has 0 saturated heterocycles. The summed E-state index contributed by atoms with van der Waals surface area (Å²) in [5.74, 6) is -1.93. The fraction of sp³-hybridized carbons (Fsp3) is 0.429. The normalized spacial score (nSPS) is 23.4. The number of hydrogen-bond acceptors (Lipinski definition) is 4. The van der Waals surface area contributed by atoms with Crippen LogP contribution < -0.4 is 14.2 Å². The Morgan fingerprint density at radius 3 is 2.88 bits per heavy atom. The lowest BCUT2D eigenvalue weighted by Crippen LogP contribution is -2.17. The van der Waals surface area contributed by atoms with Gasteiger partial charge >= 0.3 is 0 Å². The van der Waals surface area contributed by atoms with Crippen molar-refractivity contribution in [2.75, 3.05) is 20.7 Å². The van der Waals surface area contributed by atoms with Crippen molar-refractivity contribution in [2.45, 2.75) is 38.6 Å². The number of rotatable bonds is 10. The van der Waals surface area contributed by atoms with Crippen LogP contribution in [-0.4, -0.2) is 31.9 Å². The molecule has 0 bridgehead atoms. The van der Waals surface area contributed by atoms with Crippen molar-refractivity contribution in [3.63, 3.8) is 0 Å². The molecule has 0 saturated carbocycles. The molecule has 0 heterocycles. The smallest absolute Gasteiger partial charge is 0.160 e. The van der Waals surface area contributed by atoms with Crippen LogP contribution in [0.5, 0.6) is 17.2 Å². The van der Waals surface area contributed by atoms with Gasteiger partial charge in [0, 0.05) is 2.74 Å². The summed E-state index contributed by atoms with van der Waals surface area (Å²) in [4.78, 5) is 0. The Kier molecular flexibility index (Phi) is 2.86. The molecular formula is C21H28O4. The Morgan fingerprint density at radius 2 is 2.08 bits per heavy atom. The number of hydrogen-bond donors (Lipinski definition) is 1. The van der Waals surface area contributed by atoms with Crippen molar-refractivity contribution in [3.8, 4) is 17.2 Å². The summed E-state index contributed by atoms with van der Waals surface area (Å²) >= 11 is 0. The zero-order valence-electron chi connectivity index (χ0n) is 28.8. The van der Waals surface area contributed by atoms with Gasteiger partial charge in [-0.3, -0.25) is 0 Å².